The summed E-state index contributed by atoms with van der Waals surface area (Å²) in [5.74, 6) is -0.366. The van der Waals surface area contributed by atoms with Gasteiger partial charge in [-0.1, -0.05) is 23.7 Å². The highest BCUT2D eigenvalue weighted by atomic mass is 35.5. The Balaban J connectivity index is 2.04. The number of nitrogens with zero attached hydrogens (tertiary/aromatic N) is 3. The van der Waals surface area contributed by atoms with Gasteiger partial charge < -0.3 is 5.73 Å². The van der Waals surface area contributed by atoms with E-state index in [4.69, 9.17) is 17.3 Å². The number of benzene rings is 1. The number of alkyl halides is 3. The van der Waals surface area contributed by atoms with Crippen LogP contribution in [-0.2, 0) is 16.2 Å². The normalized spacial score (nSPS) is 11.8. The lowest BCUT2D eigenvalue weighted by Gasteiger charge is -2.21. The number of pyridine rings is 2. The van der Waals surface area contributed by atoms with E-state index in [-0.39, 0.29) is 40.1 Å². The van der Waals surface area contributed by atoms with Gasteiger partial charge in [-0.3, -0.25) is 14.4 Å². The molecule has 1 amide bonds. The van der Waals surface area contributed by atoms with E-state index in [1.807, 2.05) is 0 Å². The second-order valence-corrected chi connectivity index (χ2v) is 9.22. The molecular formula is C21H19ClF3N5O3S. The van der Waals surface area contributed by atoms with E-state index >= 15 is 0 Å². The summed E-state index contributed by atoms with van der Waals surface area (Å²) in [7, 11) is -4.54. The van der Waals surface area contributed by atoms with Gasteiger partial charge in [0.25, 0.3) is 15.9 Å². The number of hydrogen-bond acceptors (Lipinski definition) is 6. The number of carbonyl (C=O) groups is 1. The smallest absolute Gasteiger partial charge is 0.384 e. The molecule has 3 rings (SSSR count). The Bertz CT molecular complexity index is 1350. The van der Waals surface area contributed by atoms with Crippen LogP contribution in [0.5, 0.6) is 0 Å². The molecule has 180 valence electrons. The minimum absolute atomic E-state index is 0.000680. The predicted octanol–water partition coefficient (Wildman–Crippen LogP) is 4.51. The number of sulfonamides is 1. The third-order valence-corrected chi connectivity index (χ3v) is 6.29. The highest BCUT2D eigenvalue weighted by molar-refractivity contribution is 7.92. The Morgan fingerprint density at radius 3 is 2.53 bits per heavy atom. The van der Waals surface area contributed by atoms with Gasteiger partial charge in [-0.2, -0.15) is 13.2 Å². The number of halogens is 4. The van der Waals surface area contributed by atoms with Gasteiger partial charge >= 0.3 is 6.18 Å². The second kappa shape index (κ2) is 9.47. The number of aryl methyl sites for hydroxylation is 1. The third-order valence-electron chi connectivity index (χ3n) is 4.72. The Labute approximate surface area is 198 Å². The fourth-order valence-corrected chi connectivity index (χ4v) is 4.33. The van der Waals surface area contributed by atoms with Gasteiger partial charge in [0.2, 0.25) is 0 Å². The number of hydrogen-bond donors (Lipinski definition) is 2. The molecule has 0 saturated heterocycles. The van der Waals surface area contributed by atoms with Gasteiger partial charge in [0.05, 0.1) is 21.2 Å². The van der Waals surface area contributed by atoms with Crippen molar-refractivity contribution in [2.24, 2.45) is 0 Å². The van der Waals surface area contributed by atoms with Crippen LogP contribution in [0.15, 0.2) is 53.6 Å². The molecule has 2 aromatic heterocycles. The zero-order valence-electron chi connectivity index (χ0n) is 17.9. The van der Waals surface area contributed by atoms with E-state index in [1.165, 1.54) is 24.0 Å². The zero-order chi connectivity index (χ0) is 25.3. The standard InChI is InChI=1S/C21H19ClF3N5O3S/c1-3-30(18-6-4-5-17(26)28-18)20(31)19-16(9-13(22)11-27-19)29-34(32,33)14-8-7-12(2)15(10-14)21(23,24)25/h4-11,29H,3H2,1-2H3,(H2,26,28). The van der Waals surface area contributed by atoms with Gasteiger partial charge in [0.1, 0.15) is 11.6 Å². The van der Waals surface area contributed by atoms with Crippen molar-refractivity contribution in [2.75, 3.05) is 21.9 Å². The van der Waals surface area contributed by atoms with Crippen molar-refractivity contribution in [1.29, 1.82) is 0 Å². The molecular weight excluding hydrogens is 495 g/mol. The average Bonchev–Trinajstić information content (AvgIpc) is 2.73. The Hall–Kier alpha value is -3.38. The van der Waals surface area contributed by atoms with Crippen LogP contribution >= 0.6 is 11.6 Å². The van der Waals surface area contributed by atoms with E-state index in [9.17, 15) is 26.4 Å². The Morgan fingerprint density at radius 2 is 1.91 bits per heavy atom. The minimum atomic E-state index is -4.75. The van der Waals surface area contributed by atoms with E-state index in [1.54, 1.807) is 13.0 Å². The topological polar surface area (TPSA) is 118 Å². The lowest BCUT2D eigenvalue weighted by molar-refractivity contribution is -0.138. The van der Waals surface area contributed by atoms with Gasteiger partial charge in [-0.25, -0.2) is 18.4 Å². The molecule has 1 aromatic carbocycles. The highest BCUT2D eigenvalue weighted by Gasteiger charge is 2.34. The van der Waals surface area contributed by atoms with Crippen LogP contribution < -0.4 is 15.4 Å². The summed E-state index contributed by atoms with van der Waals surface area (Å²) in [6.45, 7) is 3.01. The summed E-state index contributed by atoms with van der Waals surface area (Å²) in [5, 5.41) is -0.000680. The molecule has 34 heavy (non-hydrogen) atoms. The Morgan fingerprint density at radius 1 is 1.21 bits per heavy atom. The molecule has 3 aromatic rings. The summed E-state index contributed by atoms with van der Waals surface area (Å²) < 4.78 is 67.8. The molecule has 0 aliphatic carbocycles. The van der Waals surface area contributed by atoms with Crippen molar-refractivity contribution in [2.45, 2.75) is 24.9 Å². The first-order valence-electron chi connectivity index (χ1n) is 9.74. The van der Waals surface area contributed by atoms with Crippen LogP contribution in [0, 0.1) is 6.92 Å². The SMILES string of the molecule is CCN(C(=O)c1ncc(Cl)cc1NS(=O)(=O)c1ccc(C)c(C(F)(F)F)c1)c1cccc(N)n1. The van der Waals surface area contributed by atoms with E-state index in [0.29, 0.717) is 6.07 Å². The fourth-order valence-electron chi connectivity index (χ4n) is 3.09. The summed E-state index contributed by atoms with van der Waals surface area (Å²) in [6.07, 6.45) is -3.61. The predicted molar refractivity (Wildman–Crippen MR) is 122 cm³/mol. The lowest BCUT2D eigenvalue weighted by atomic mass is 10.1. The minimum Gasteiger partial charge on any atom is -0.384 e. The maximum atomic E-state index is 13.3. The molecule has 13 heteroatoms. The summed E-state index contributed by atoms with van der Waals surface area (Å²) in [4.78, 5) is 21.8. The molecule has 0 bridgehead atoms. The van der Waals surface area contributed by atoms with Gasteiger partial charge in [-0.05, 0) is 49.7 Å². The van der Waals surface area contributed by atoms with Crippen molar-refractivity contribution in [3.63, 3.8) is 0 Å². The third kappa shape index (κ3) is 5.39. The van der Waals surface area contributed by atoms with Crippen LogP contribution in [0.4, 0.5) is 30.5 Å². The summed E-state index contributed by atoms with van der Waals surface area (Å²) in [6, 6.07) is 8.37. The van der Waals surface area contributed by atoms with Gasteiger partial charge in [0.15, 0.2) is 5.69 Å². The van der Waals surface area contributed by atoms with Crippen LogP contribution in [0.25, 0.3) is 0 Å². The zero-order valence-corrected chi connectivity index (χ0v) is 19.5. The lowest BCUT2D eigenvalue weighted by Crippen LogP contribution is -2.33. The van der Waals surface area contributed by atoms with Crippen molar-refractivity contribution in [3.05, 3.63) is 70.5 Å². The van der Waals surface area contributed by atoms with Crippen LogP contribution in [0.1, 0.15) is 28.5 Å². The van der Waals surface area contributed by atoms with Crippen molar-refractivity contribution < 1.29 is 26.4 Å². The molecule has 0 atom stereocenters. The molecule has 8 nitrogen and oxygen atoms in total. The van der Waals surface area contributed by atoms with Crippen LogP contribution in [0.2, 0.25) is 5.02 Å². The summed E-state index contributed by atoms with van der Waals surface area (Å²) in [5.41, 5.74) is 3.81. The monoisotopic (exact) mass is 513 g/mol. The fraction of sp³-hybridized carbons (Fsp3) is 0.190. The van der Waals surface area contributed by atoms with Crippen LogP contribution in [-0.4, -0.2) is 30.8 Å². The first-order valence-corrected chi connectivity index (χ1v) is 11.6. The molecule has 3 N–H and O–H groups in total. The quantitative estimate of drug-likeness (QED) is 0.501. The number of carbonyl (C=O) groups excluding carboxylic acids is 1. The largest absolute Gasteiger partial charge is 0.416 e. The maximum absolute atomic E-state index is 13.3. The second-order valence-electron chi connectivity index (χ2n) is 7.10. The van der Waals surface area contributed by atoms with Crippen molar-refractivity contribution in [3.8, 4) is 0 Å². The van der Waals surface area contributed by atoms with E-state index in [0.717, 1.165) is 24.4 Å². The number of nitrogen functional groups attached to an aromatic ring is 1. The van der Waals surface area contributed by atoms with E-state index in [2.05, 4.69) is 14.7 Å². The van der Waals surface area contributed by atoms with Crippen LogP contribution in [0.3, 0.4) is 0 Å². The maximum Gasteiger partial charge on any atom is 0.416 e. The molecule has 0 unspecified atom stereocenters. The first kappa shape index (κ1) is 25.2. The van der Waals surface area contributed by atoms with Gasteiger partial charge in [0, 0.05) is 12.7 Å². The highest BCUT2D eigenvalue weighted by Crippen LogP contribution is 2.34. The number of nitrogens with one attached hydrogen (secondary N) is 1. The van der Waals surface area contributed by atoms with Gasteiger partial charge in [-0.15, -0.1) is 0 Å². The van der Waals surface area contributed by atoms with E-state index < -0.39 is 32.6 Å². The number of amides is 1. The number of nitrogens with two attached hydrogens (primary N) is 1. The number of aromatic nitrogens is 2. The van der Waals surface area contributed by atoms with Crippen molar-refractivity contribution >= 4 is 44.9 Å². The Kier molecular flexibility index (Phi) is 7.03. The molecule has 0 fully saturated rings. The average molecular weight is 514 g/mol. The summed E-state index contributed by atoms with van der Waals surface area (Å²) >= 11 is 5.95. The molecule has 0 aliphatic heterocycles. The molecule has 0 saturated carbocycles. The van der Waals surface area contributed by atoms with Crippen molar-refractivity contribution in [1.82, 2.24) is 9.97 Å². The first-order chi connectivity index (χ1) is 15.8. The number of anilines is 3. The molecule has 0 aliphatic rings. The molecule has 0 radical (unpaired) electrons. The molecule has 2 heterocycles. The molecule has 0 spiro atoms. The number of rotatable bonds is 6.